The highest BCUT2D eigenvalue weighted by molar-refractivity contribution is 7.84. The Morgan fingerprint density at radius 1 is 1.29 bits per heavy atom. The molecule has 9 heteroatoms. The maximum Gasteiger partial charge on any atom is 0.239 e. The molecule has 31 heavy (non-hydrogen) atoms. The van der Waals surface area contributed by atoms with Crippen molar-refractivity contribution in [3.63, 3.8) is 0 Å². The Bertz CT molecular complexity index is 974. The normalized spacial score (nSPS) is 14.1. The average molecular weight is 446 g/mol. The fourth-order valence-electron chi connectivity index (χ4n) is 3.49. The summed E-state index contributed by atoms with van der Waals surface area (Å²) in [6.45, 7) is 6.47. The quantitative estimate of drug-likeness (QED) is 0.665. The van der Waals surface area contributed by atoms with Crippen LogP contribution in [0.2, 0.25) is 0 Å². The Morgan fingerprint density at radius 2 is 2.06 bits per heavy atom. The summed E-state index contributed by atoms with van der Waals surface area (Å²) < 4.78 is 16.9. The summed E-state index contributed by atoms with van der Waals surface area (Å²) in [5.41, 5.74) is 2.44. The molecule has 0 fully saturated rings. The summed E-state index contributed by atoms with van der Waals surface area (Å²) in [5, 5.41) is 2.99. The van der Waals surface area contributed by atoms with Crippen molar-refractivity contribution in [2.24, 2.45) is 0 Å². The van der Waals surface area contributed by atoms with Crippen molar-refractivity contribution in [3.05, 3.63) is 29.6 Å². The predicted octanol–water partition coefficient (Wildman–Crippen LogP) is 2.14. The first-order valence-corrected chi connectivity index (χ1v) is 12.2. The lowest BCUT2D eigenvalue weighted by Gasteiger charge is -2.25. The number of likely N-dealkylation sites (N-methyl/N-ethyl adjacent to an activating group) is 1. The van der Waals surface area contributed by atoms with E-state index >= 15 is 0 Å². The van der Waals surface area contributed by atoms with E-state index in [0.29, 0.717) is 29.6 Å². The van der Waals surface area contributed by atoms with Gasteiger partial charge < -0.3 is 15.0 Å². The second kappa shape index (κ2) is 9.72. The maximum absolute atomic E-state index is 12.4. The van der Waals surface area contributed by atoms with Gasteiger partial charge in [0.05, 0.1) is 18.9 Å². The monoisotopic (exact) mass is 445 g/mol. The van der Waals surface area contributed by atoms with Crippen LogP contribution in [0.15, 0.2) is 18.3 Å². The number of anilines is 1. The van der Waals surface area contributed by atoms with Crippen LogP contribution in [-0.4, -0.2) is 62.8 Å². The number of nitrogens with one attached hydrogen (secondary N) is 1. The van der Waals surface area contributed by atoms with Crippen molar-refractivity contribution in [2.45, 2.75) is 45.6 Å². The average Bonchev–Trinajstić information content (AvgIpc) is 3.14. The van der Waals surface area contributed by atoms with Crippen LogP contribution in [0.4, 0.5) is 5.82 Å². The molecular weight excluding hydrogens is 414 g/mol. The third-order valence-electron chi connectivity index (χ3n) is 4.77. The van der Waals surface area contributed by atoms with Crippen LogP contribution in [-0.2, 0) is 28.4 Å². The number of amides is 1. The highest BCUT2D eigenvalue weighted by Crippen LogP contribution is 2.31. The molecule has 0 aromatic carbocycles. The van der Waals surface area contributed by atoms with Crippen LogP contribution in [0.3, 0.4) is 0 Å². The smallest absolute Gasteiger partial charge is 0.239 e. The van der Waals surface area contributed by atoms with Crippen LogP contribution in [0.5, 0.6) is 5.75 Å². The van der Waals surface area contributed by atoms with Gasteiger partial charge in [-0.05, 0) is 46.1 Å². The van der Waals surface area contributed by atoms with Gasteiger partial charge in [0.15, 0.2) is 5.82 Å². The fraction of sp³-hybridized carbons (Fsp3) is 0.545. The standard InChI is InChI=1S/C22H31N5O3S/c1-22(2,3)26-19(28)14-27(4)21-16-7-6-8-17(16)24-20(25-21)18-13-15(9-10-23-18)30-11-12-31(5)29/h9-10,13H,6-8,11-12,14H2,1-5H3,(H,26,28). The number of hydrogen-bond donors (Lipinski definition) is 1. The van der Waals surface area contributed by atoms with E-state index in [1.54, 1.807) is 24.6 Å². The van der Waals surface area contributed by atoms with Gasteiger partial charge in [0.1, 0.15) is 17.3 Å². The zero-order valence-electron chi connectivity index (χ0n) is 18.9. The Balaban J connectivity index is 1.85. The molecule has 2 heterocycles. The first-order valence-electron chi connectivity index (χ1n) is 10.4. The number of carbonyl (C=O) groups is 1. The van der Waals surface area contributed by atoms with E-state index in [2.05, 4.69) is 10.3 Å². The van der Waals surface area contributed by atoms with Crippen LogP contribution < -0.4 is 15.0 Å². The molecule has 8 nitrogen and oxygen atoms in total. The van der Waals surface area contributed by atoms with E-state index < -0.39 is 10.8 Å². The van der Waals surface area contributed by atoms with Gasteiger partial charge in [-0.2, -0.15) is 0 Å². The largest absolute Gasteiger partial charge is 0.492 e. The Morgan fingerprint density at radius 3 is 2.77 bits per heavy atom. The van der Waals surface area contributed by atoms with E-state index in [1.807, 2.05) is 32.7 Å². The van der Waals surface area contributed by atoms with Crippen molar-refractivity contribution in [3.8, 4) is 17.3 Å². The second-order valence-corrected chi connectivity index (χ2v) is 10.4. The Kier molecular flexibility index (Phi) is 7.25. The Hall–Kier alpha value is -2.55. The third-order valence-corrected chi connectivity index (χ3v) is 5.51. The minimum atomic E-state index is -0.904. The molecule has 0 saturated heterocycles. The number of fused-ring (bicyclic) bond motifs is 1. The molecule has 1 N–H and O–H groups in total. The number of ether oxygens (including phenoxy) is 1. The fourth-order valence-corrected chi connectivity index (χ4v) is 3.81. The minimum absolute atomic E-state index is 0.0521. The van der Waals surface area contributed by atoms with E-state index in [-0.39, 0.29) is 18.0 Å². The summed E-state index contributed by atoms with van der Waals surface area (Å²) in [4.78, 5) is 28.3. The number of aryl methyl sites for hydroxylation is 1. The summed E-state index contributed by atoms with van der Waals surface area (Å²) in [5.74, 6) is 2.35. The molecule has 0 aliphatic heterocycles. The van der Waals surface area contributed by atoms with Crippen molar-refractivity contribution in [2.75, 3.05) is 37.1 Å². The number of aromatic nitrogens is 3. The molecule has 1 aliphatic rings. The molecule has 0 bridgehead atoms. The van der Waals surface area contributed by atoms with Gasteiger partial charge >= 0.3 is 0 Å². The number of rotatable bonds is 8. The van der Waals surface area contributed by atoms with Crippen molar-refractivity contribution in [1.29, 1.82) is 0 Å². The molecule has 0 saturated carbocycles. The number of carbonyl (C=O) groups excluding carboxylic acids is 1. The molecular formula is C22H31N5O3S. The Labute approximate surface area is 186 Å². The van der Waals surface area contributed by atoms with E-state index in [4.69, 9.17) is 14.7 Å². The molecule has 1 aliphatic carbocycles. The van der Waals surface area contributed by atoms with Gasteiger partial charge in [0.2, 0.25) is 5.91 Å². The third kappa shape index (κ3) is 6.46. The molecule has 1 unspecified atom stereocenters. The highest BCUT2D eigenvalue weighted by atomic mass is 32.2. The molecule has 2 aromatic heterocycles. The summed E-state index contributed by atoms with van der Waals surface area (Å²) >= 11 is 0. The molecule has 168 valence electrons. The molecule has 3 rings (SSSR count). The van der Waals surface area contributed by atoms with Crippen LogP contribution in [0, 0.1) is 0 Å². The van der Waals surface area contributed by atoms with Crippen LogP contribution in [0.25, 0.3) is 11.5 Å². The zero-order valence-corrected chi connectivity index (χ0v) is 19.7. The zero-order chi connectivity index (χ0) is 22.6. The van der Waals surface area contributed by atoms with Crippen LogP contribution >= 0.6 is 0 Å². The SMILES string of the molecule is CN(CC(=O)NC(C)(C)C)c1nc(-c2cc(OCCS(C)=O)ccn2)nc2c1CCC2. The summed E-state index contributed by atoms with van der Waals surface area (Å²) in [6.07, 6.45) is 6.12. The van der Waals surface area contributed by atoms with E-state index in [1.165, 1.54) is 0 Å². The van der Waals surface area contributed by atoms with E-state index in [0.717, 1.165) is 36.3 Å². The van der Waals surface area contributed by atoms with Gasteiger partial charge in [-0.25, -0.2) is 9.97 Å². The first-order chi connectivity index (χ1) is 14.6. The number of hydrogen-bond acceptors (Lipinski definition) is 7. The van der Waals surface area contributed by atoms with Crippen molar-refractivity contribution in [1.82, 2.24) is 20.3 Å². The summed E-state index contributed by atoms with van der Waals surface area (Å²) in [7, 11) is 0.976. The highest BCUT2D eigenvalue weighted by Gasteiger charge is 2.24. The summed E-state index contributed by atoms with van der Waals surface area (Å²) in [6, 6.07) is 3.56. The number of nitrogens with zero attached hydrogens (tertiary/aromatic N) is 4. The van der Waals surface area contributed by atoms with Crippen molar-refractivity contribution >= 4 is 22.5 Å². The molecule has 0 spiro atoms. The van der Waals surface area contributed by atoms with Gasteiger partial charge in [0, 0.05) is 53.2 Å². The van der Waals surface area contributed by atoms with Crippen LogP contribution in [0.1, 0.15) is 38.4 Å². The maximum atomic E-state index is 12.4. The van der Waals surface area contributed by atoms with Crippen molar-refractivity contribution < 1.29 is 13.7 Å². The molecule has 1 amide bonds. The molecule has 1 atom stereocenters. The first kappa shape index (κ1) is 23.1. The molecule has 2 aromatic rings. The number of pyridine rings is 1. The lowest BCUT2D eigenvalue weighted by Crippen LogP contribution is -2.45. The van der Waals surface area contributed by atoms with Gasteiger partial charge in [-0.1, -0.05) is 0 Å². The predicted molar refractivity (Wildman–Crippen MR) is 123 cm³/mol. The second-order valence-electron chi connectivity index (χ2n) is 8.81. The lowest BCUT2D eigenvalue weighted by molar-refractivity contribution is -0.121. The lowest BCUT2D eigenvalue weighted by atomic mass is 10.1. The van der Waals surface area contributed by atoms with Gasteiger partial charge in [-0.3, -0.25) is 14.0 Å². The minimum Gasteiger partial charge on any atom is -0.492 e. The van der Waals surface area contributed by atoms with Gasteiger partial charge in [-0.15, -0.1) is 0 Å². The topological polar surface area (TPSA) is 97.3 Å². The van der Waals surface area contributed by atoms with Gasteiger partial charge in [0.25, 0.3) is 0 Å². The van der Waals surface area contributed by atoms with E-state index in [9.17, 15) is 9.00 Å². The molecule has 0 radical (unpaired) electrons.